The zero-order valence-electron chi connectivity index (χ0n) is 8.71. The first kappa shape index (κ1) is 12.3. The second-order valence-electron chi connectivity index (χ2n) is 2.76. The van der Waals surface area contributed by atoms with Crippen LogP contribution < -0.4 is 0 Å². The normalized spacial score (nSPS) is 11.4. The Morgan fingerprint density at radius 2 is 1.86 bits per heavy atom. The predicted octanol–water partition coefficient (Wildman–Crippen LogP) is 2.85. The van der Waals surface area contributed by atoms with E-state index in [-0.39, 0.29) is 5.78 Å². The highest BCUT2D eigenvalue weighted by Crippen LogP contribution is 2.09. The van der Waals surface area contributed by atoms with Crippen LogP contribution in [0, 0.1) is 0 Å². The number of Topliss-reactive ketones (excluding diaryl/α,β-unsaturated/α-hetero) is 1. The van der Waals surface area contributed by atoms with Crippen molar-refractivity contribution in [1.82, 2.24) is 0 Å². The van der Waals surface area contributed by atoms with Crippen LogP contribution >= 0.6 is 0 Å². The maximum absolute atomic E-state index is 11.0. The molecule has 0 N–H and O–H groups in total. The molecule has 0 amide bonds. The molecule has 0 fully saturated rings. The molecule has 0 saturated carbocycles. The highest BCUT2D eigenvalue weighted by Gasteiger charge is 1.97. The van der Waals surface area contributed by atoms with Crippen LogP contribution in [0.15, 0.2) is 53.2 Å². The number of hydrogen-bond acceptors (Lipinski definition) is 2. The first-order valence-corrected chi connectivity index (χ1v) is 4.23. The molecule has 14 heavy (non-hydrogen) atoms. The molecule has 0 rings (SSSR count). The molecular formula is C12H15NO. The Morgan fingerprint density at radius 3 is 2.21 bits per heavy atom. The molecule has 0 aromatic rings. The van der Waals surface area contributed by atoms with Crippen molar-refractivity contribution in [3.05, 3.63) is 48.2 Å². The molecule has 0 unspecified atom stereocenters. The lowest BCUT2D eigenvalue weighted by Crippen LogP contribution is -1.92. The largest absolute Gasteiger partial charge is 0.295 e. The Morgan fingerprint density at radius 1 is 1.29 bits per heavy atom. The summed E-state index contributed by atoms with van der Waals surface area (Å²) in [5, 5.41) is 0. The van der Waals surface area contributed by atoms with Crippen LogP contribution in [0.5, 0.6) is 0 Å². The molecule has 0 saturated heterocycles. The number of rotatable bonds is 5. The minimum atomic E-state index is 0.0220. The Kier molecular flexibility index (Phi) is 5.15. The van der Waals surface area contributed by atoms with Gasteiger partial charge in [0.05, 0.1) is 5.70 Å². The zero-order chi connectivity index (χ0) is 11.1. The van der Waals surface area contributed by atoms with E-state index in [2.05, 4.69) is 24.9 Å². The Balaban J connectivity index is 4.59. The van der Waals surface area contributed by atoms with Gasteiger partial charge < -0.3 is 0 Å². The number of aliphatic imine (C=N–C) groups is 1. The van der Waals surface area contributed by atoms with Gasteiger partial charge in [0.2, 0.25) is 0 Å². The highest BCUT2D eigenvalue weighted by atomic mass is 16.1. The lowest BCUT2D eigenvalue weighted by molar-refractivity contribution is -0.113. The second-order valence-corrected chi connectivity index (χ2v) is 2.76. The van der Waals surface area contributed by atoms with Gasteiger partial charge in [-0.1, -0.05) is 31.4 Å². The van der Waals surface area contributed by atoms with Crippen LogP contribution in [-0.2, 0) is 4.79 Å². The third kappa shape index (κ3) is 3.81. The number of hydrogen-bond donors (Lipinski definition) is 0. The van der Waals surface area contributed by atoms with Crippen LogP contribution in [0.25, 0.3) is 0 Å². The summed E-state index contributed by atoms with van der Waals surface area (Å²) in [7, 11) is 0. The van der Waals surface area contributed by atoms with Gasteiger partial charge in [-0.15, -0.1) is 0 Å². The van der Waals surface area contributed by atoms with Crippen LogP contribution in [-0.4, -0.2) is 12.5 Å². The number of carbonyl (C=O) groups excluding carboxylic acids is 1. The van der Waals surface area contributed by atoms with Crippen molar-refractivity contribution < 1.29 is 4.79 Å². The molecule has 0 aromatic carbocycles. The SMILES string of the molecule is C=NC(=C)C(=C)/C=C\C(=C/C)C(C)=O. The van der Waals surface area contributed by atoms with Crippen molar-refractivity contribution in [3.8, 4) is 0 Å². The van der Waals surface area contributed by atoms with Gasteiger partial charge in [-0.05, 0) is 26.1 Å². The third-order valence-corrected chi connectivity index (χ3v) is 1.74. The lowest BCUT2D eigenvalue weighted by Gasteiger charge is -1.97. The predicted molar refractivity (Wildman–Crippen MR) is 61.4 cm³/mol. The van der Waals surface area contributed by atoms with Gasteiger partial charge in [0.25, 0.3) is 0 Å². The Labute approximate surface area is 85.1 Å². The van der Waals surface area contributed by atoms with E-state index < -0.39 is 0 Å². The molecule has 0 aliphatic carbocycles. The molecule has 74 valence electrons. The van der Waals surface area contributed by atoms with E-state index in [9.17, 15) is 4.79 Å². The van der Waals surface area contributed by atoms with E-state index in [1.165, 1.54) is 6.92 Å². The second kappa shape index (κ2) is 5.86. The average Bonchev–Trinajstić information content (AvgIpc) is 2.16. The zero-order valence-corrected chi connectivity index (χ0v) is 8.71. The van der Waals surface area contributed by atoms with Crippen molar-refractivity contribution >= 4 is 12.5 Å². The van der Waals surface area contributed by atoms with Crippen molar-refractivity contribution in [2.24, 2.45) is 4.99 Å². The minimum Gasteiger partial charge on any atom is -0.295 e. The number of allylic oxidation sites excluding steroid dienone is 4. The summed E-state index contributed by atoms with van der Waals surface area (Å²) in [5.74, 6) is 0.0220. The van der Waals surface area contributed by atoms with Gasteiger partial charge in [0, 0.05) is 5.57 Å². The fraction of sp³-hybridized carbons (Fsp3) is 0.167. The first-order valence-electron chi connectivity index (χ1n) is 4.23. The summed E-state index contributed by atoms with van der Waals surface area (Å²) in [6, 6.07) is 0. The van der Waals surface area contributed by atoms with Crippen molar-refractivity contribution in [1.29, 1.82) is 0 Å². The van der Waals surface area contributed by atoms with E-state index in [0.29, 0.717) is 16.8 Å². The van der Waals surface area contributed by atoms with Crippen LogP contribution in [0.3, 0.4) is 0 Å². The highest BCUT2D eigenvalue weighted by molar-refractivity contribution is 5.96. The smallest absolute Gasteiger partial charge is 0.159 e. The summed E-state index contributed by atoms with van der Waals surface area (Å²) in [5.41, 5.74) is 1.81. The minimum absolute atomic E-state index is 0.0220. The summed E-state index contributed by atoms with van der Waals surface area (Å²) in [4.78, 5) is 14.7. The molecule has 2 heteroatoms. The maximum atomic E-state index is 11.0. The van der Waals surface area contributed by atoms with Gasteiger partial charge in [0.1, 0.15) is 0 Å². The van der Waals surface area contributed by atoms with E-state index in [1.54, 1.807) is 18.2 Å². The third-order valence-electron chi connectivity index (χ3n) is 1.74. The van der Waals surface area contributed by atoms with E-state index in [4.69, 9.17) is 0 Å². The van der Waals surface area contributed by atoms with Gasteiger partial charge in [-0.3, -0.25) is 9.79 Å². The molecule has 0 aromatic heterocycles. The quantitative estimate of drug-likeness (QED) is 0.371. The average molecular weight is 189 g/mol. The van der Waals surface area contributed by atoms with E-state index >= 15 is 0 Å². The molecular weight excluding hydrogens is 174 g/mol. The summed E-state index contributed by atoms with van der Waals surface area (Å²) >= 11 is 0. The summed E-state index contributed by atoms with van der Waals surface area (Å²) in [6.45, 7) is 14.0. The van der Waals surface area contributed by atoms with Gasteiger partial charge in [-0.25, -0.2) is 0 Å². The fourth-order valence-electron chi connectivity index (χ4n) is 0.805. The Hall–Kier alpha value is -1.70. The van der Waals surface area contributed by atoms with Crippen molar-refractivity contribution in [2.45, 2.75) is 13.8 Å². The topological polar surface area (TPSA) is 29.4 Å². The monoisotopic (exact) mass is 189 g/mol. The standard InChI is InChI=1S/C12H15NO/c1-6-12(11(4)14)8-7-9(2)10(3)13-5/h6-8H,2-3,5H2,1,4H3/b8-7-,12-6+. The van der Waals surface area contributed by atoms with E-state index in [1.807, 2.05) is 6.92 Å². The molecule has 0 heterocycles. The molecule has 0 bridgehead atoms. The van der Waals surface area contributed by atoms with Crippen LogP contribution in [0.2, 0.25) is 0 Å². The summed E-state index contributed by atoms with van der Waals surface area (Å²) < 4.78 is 0. The van der Waals surface area contributed by atoms with Gasteiger partial charge in [0.15, 0.2) is 5.78 Å². The molecule has 0 aliphatic rings. The molecule has 0 spiro atoms. The molecule has 0 radical (unpaired) electrons. The van der Waals surface area contributed by atoms with Gasteiger partial charge in [-0.2, -0.15) is 0 Å². The van der Waals surface area contributed by atoms with Crippen molar-refractivity contribution in [2.75, 3.05) is 0 Å². The van der Waals surface area contributed by atoms with E-state index in [0.717, 1.165) is 0 Å². The molecule has 0 atom stereocenters. The molecule has 2 nitrogen and oxygen atoms in total. The number of ketones is 1. The number of nitrogens with zero attached hydrogens (tertiary/aromatic N) is 1. The maximum Gasteiger partial charge on any atom is 0.159 e. The van der Waals surface area contributed by atoms with Crippen molar-refractivity contribution in [3.63, 3.8) is 0 Å². The number of carbonyl (C=O) groups is 1. The van der Waals surface area contributed by atoms with Crippen LogP contribution in [0.4, 0.5) is 0 Å². The fourth-order valence-corrected chi connectivity index (χ4v) is 0.805. The molecule has 0 aliphatic heterocycles. The summed E-state index contributed by atoms with van der Waals surface area (Å²) in [6.07, 6.45) is 5.14. The first-order chi connectivity index (χ1) is 6.52. The van der Waals surface area contributed by atoms with Crippen LogP contribution in [0.1, 0.15) is 13.8 Å². The Bertz CT molecular complexity index is 332. The van der Waals surface area contributed by atoms with Gasteiger partial charge >= 0.3 is 0 Å². The lowest BCUT2D eigenvalue weighted by atomic mass is 10.1.